The van der Waals surface area contributed by atoms with E-state index < -0.39 is 0 Å². The van der Waals surface area contributed by atoms with Crippen LogP contribution in [-0.2, 0) is 11.2 Å². The van der Waals surface area contributed by atoms with Crippen LogP contribution in [0.2, 0.25) is 0 Å². The molecular formula is C13H23N3O2. The van der Waals surface area contributed by atoms with E-state index in [0.717, 1.165) is 37.6 Å². The standard InChI is InChI=1S/C13H23N3O2/c1-9(2)14-6-4-5-12-15-16-13(18-12)11-7-10(3)17-8-11/h9-11,14H,4-8H2,1-3H3. The van der Waals surface area contributed by atoms with Gasteiger partial charge in [0.2, 0.25) is 11.8 Å². The number of hydrogen-bond acceptors (Lipinski definition) is 5. The van der Waals surface area contributed by atoms with Crippen molar-refractivity contribution >= 4 is 0 Å². The number of aromatic nitrogens is 2. The number of aryl methyl sites for hydroxylation is 1. The molecule has 1 aliphatic heterocycles. The van der Waals surface area contributed by atoms with Crippen LogP contribution in [0.4, 0.5) is 0 Å². The third kappa shape index (κ3) is 3.78. The molecule has 0 aliphatic carbocycles. The summed E-state index contributed by atoms with van der Waals surface area (Å²) < 4.78 is 11.2. The average molecular weight is 253 g/mol. The zero-order valence-corrected chi connectivity index (χ0v) is 11.5. The van der Waals surface area contributed by atoms with Gasteiger partial charge in [0.25, 0.3) is 0 Å². The average Bonchev–Trinajstić information content (AvgIpc) is 2.93. The molecule has 0 bridgehead atoms. The van der Waals surface area contributed by atoms with Crippen molar-refractivity contribution < 1.29 is 9.15 Å². The largest absolute Gasteiger partial charge is 0.425 e. The predicted octanol–water partition coefficient (Wildman–Crippen LogP) is 1.89. The monoisotopic (exact) mass is 253 g/mol. The Kier molecular flexibility index (Phi) is 4.72. The summed E-state index contributed by atoms with van der Waals surface area (Å²) in [6.07, 6.45) is 3.16. The van der Waals surface area contributed by atoms with Crippen molar-refractivity contribution in [3.05, 3.63) is 11.8 Å². The molecule has 0 amide bonds. The van der Waals surface area contributed by atoms with Gasteiger partial charge in [0.1, 0.15) is 0 Å². The molecule has 1 fully saturated rings. The Bertz CT molecular complexity index is 365. The minimum atomic E-state index is 0.287. The lowest BCUT2D eigenvalue weighted by molar-refractivity contribution is 0.122. The fourth-order valence-electron chi connectivity index (χ4n) is 2.15. The van der Waals surface area contributed by atoms with Crippen molar-refractivity contribution in [2.45, 2.75) is 58.1 Å². The quantitative estimate of drug-likeness (QED) is 0.784. The summed E-state index contributed by atoms with van der Waals surface area (Å²) in [5.74, 6) is 1.77. The van der Waals surface area contributed by atoms with Crippen molar-refractivity contribution in [2.75, 3.05) is 13.2 Å². The van der Waals surface area contributed by atoms with Gasteiger partial charge in [-0.2, -0.15) is 0 Å². The molecule has 5 nitrogen and oxygen atoms in total. The van der Waals surface area contributed by atoms with Gasteiger partial charge in [0, 0.05) is 12.5 Å². The fourth-order valence-corrected chi connectivity index (χ4v) is 2.15. The molecule has 1 aromatic heterocycles. The van der Waals surface area contributed by atoms with Crippen LogP contribution in [0.15, 0.2) is 4.42 Å². The number of hydrogen-bond donors (Lipinski definition) is 1. The maximum atomic E-state index is 5.69. The molecule has 2 unspecified atom stereocenters. The zero-order chi connectivity index (χ0) is 13.0. The third-order valence-electron chi connectivity index (χ3n) is 3.15. The van der Waals surface area contributed by atoms with Crippen LogP contribution >= 0.6 is 0 Å². The molecule has 1 N–H and O–H groups in total. The lowest BCUT2D eigenvalue weighted by Crippen LogP contribution is -2.23. The molecule has 0 spiro atoms. The molecule has 102 valence electrons. The number of rotatable bonds is 6. The van der Waals surface area contributed by atoms with Gasteiger partial charge in [-0.05, 0) is 26.3 Å². The second-order valence-electron chi connectivity index (χ2n) is 5.32. The van der Waals surface area contributed by atoms with Gasteiger partial charge in [0.05, 0.1) is 18.6 Å². The second kappa shape index (κ2) is 6.29. The summed E-state index contributed by atoms with van der Waals surface area (Å²) in [5, 5.41) is 11.6. The number of nitrogens with zero attached hydrogens (tertiary/aromatic N) is 2. The van der Waals surface area contributed by atoms with E-state index in [1.807, 2.05) is 0 Å². The molecule has 1 aliphatic rings. The highest BCUT2D eigenvalue weighted by Gasteiger charge is 2.27. The van der Waals surface area contributed by atoms with Crippen LogP contribution in [0.1, 0.15) is 51.3 Å². The fraction of sp³-hybridized carbons (Fsp3) is 0.846. The molecule has 18 heavy (non-hydrogen) atoms. The molecular weight excluding hydrogens is 230 g/mol. The van der Waals surface area contributed by atoms with E-state index in [1.165, 1.54) is 0 Å². The van der Waals surface area contributed by atoms with Crippen LogP contribution in [0.3, 0.4) is 0 Å². The first-order valence-electron chi connectivity index (χ1n) is 6.82. The Morgan fingerprint density at radius 3 is 2.89 bits per heavy atom. The Morgan fingerprint density at radius 1 is 1.39 bits per heavy atom. The lowest BCUT2D eigenvalue weighted by atomic mass is 10.1. The van der Waals surface area contributed by atoms with Gasteiger partial charge in [-0.1, -0.05) is 13.8 Å². The van der Waals surface area contributed by atoms with Gasteiger partial charge in [0.15, 0.2) is 0 Å². The minimum Gasteiger partial charge on any atom is -0.425 e. The van der Waals surface area contributed by atoms with E-state index in [9.17, 15) is 0 Å². The maximum absolute atomic E-state index is 5.69. The molecule has 0 radical (unpaired) electrons. The number of nitrogens with one attached hydrogen (secondary N) is 1. The van der Waals surface area contributed by atoms with Crippen molar-refractivity contribution in [1.82, 2.24) is 15.5 Å². The van der Waals surface area contributed by atoms with Gasteiger partial charge < -0.3 is 14.5 Å². The van der Waals surface area contributed by atoms with E-state index in [-0.39, 0.29) is 5.92 Å². The zero-order valence-electron chi connectivity index (χ0n) is 11.5. The molecule has 2 rings (SSSR count). The van der Waals surface area contributed by atoms with Crippen molar-refractivity contribution in [1.29, 1.82) is 0 Å². The van der Waals surface area contributed by atoms with Crippen LogP contribution in [0, 0.1) is 0 Å². The molecule has 0 saturated carbocycles. The van der Waals surface area contributed by atoms with Crippen LogP contribution in [0.5, 0.6) is 0 Å². The first kappa shape index (κ1) is 13.5. The van der Waals surface area contributed by atoms with Crippen molar-refractivity contribution in [2.24, 2.45) is 0 Å². The SMILES string of the molecule is CC(C)NCCCc1nnc(C2COC(C)C2)o1. The summed E-state index contributed by atoms with van der Waals surface area (Å²) in [5.41, 5.74) is 0. The van der Waals surface area contributed by atoms with Gasteiger partial charge in [-0.25, -0.2) is 0 Å². The van der Waals surface area contributed by atoms with Gasteiger partial charge >= 0.3 is 0 Å². The Hall–Kier alpha value is -0.940. The highest BCUT2D eigenvalue weighted by Crippen LogP contribution is 2.28. The van der Waals surface area contributed by atoms with Gasteiger partial charge in [-0.15, -0.1) is 10.2 Å². The second-order valence-corrected chi connectivity index (χ2v) is 5.32. The van der Waals surface area contributed by atoms with E-state index in [1.54, 1.807) is 0 Å². The first-order chi connectivity index (χ1) is 8.65. The Morgan fingerprint density at radius 2 is 2.22 bits per heavy atom. The van der Waals surface area contributed by atoms with E-state index in [4.69, 9.17) is 9.15 Å². The smallest absolute Gasteiger partial charge is 0.222 e. The number of ether oxygens (including phenoxy) is 1. The van der Waals surface area contributed by atoms with Crippen molar-refractivity contribution in [3.63, 3.8) is 0 Å². The van der Waals surface area contributed by atoms with Crippen LogP contribution in [-0.4, -0.2) is 35.5 Å². The molecule has 2 heterocycles. The summed E-state index contributed by atoms with van der Waals surface area (Å²) >= 11 is 0. The van der Waals surface area contributed by atoms with E-state index in [0.29, 0.717) is 18.8 Å². The van der Waals surface area contributed by atoms with Crippen LogP contribution in [0.25, 0.3) is 0 Å². The summed E-state index contributed by atoms with van der Waals surface area (Å²) in [4.78, 5) is 0. The summed E-state index contributed by atoms with van der Waals surface area (Å²) in [7, 11) is 0. The molecule has 0 aromatic carbocycles. The third-order valence-corrected chi connectivity index (χ3v) is 3.15. The van der Waals surface area contributed by atoms with E-state index in [2.05, 4.69) is 36.3 Å². The maximum Gasteiger partial charge on any atom is 0.222 e. The molecule has 1 saturated heterocycles. The first-order valence-corrected chi connectivity index (χ1v) is 6.82. The highest BCUT2D eigenvalue weighted by molar-refractivity contribution is 4.95. The lowest BCUT2D eigenvalue weighted by Gasteiger charge is -2.05. The Labute approximate surface area is 108 Å². The summed E-state index contributed by atoms with van der Waals surface area (Å²) in [6, 6.07) is 0.528. The molecule has 5 heteroatoms. The Balaban J connectivity index is 1.76. The molecule has 2 atom stereocenters. The normalized spacial score (nSPS) is 24.0. The predicted molar refractivity (Wildman–Crippen MR) is 68.5 cm³/mol. The molecule has 1 aromatic rings. The minimum absolute atomic E-state index is 0.287. The topological polar surface area (TPSA) is 60.2 Å². The highest BCUT2D eigenvalue weighted by atomic mass is 16.5. The van der Waals surface area contributed by atoms with Gasteiger partial charge in [-0.3, -0.25) is 0 Å². The van der Waals surface area contributed by atoms with Crippen molar-refractivity contribution in [3.8, 4) is 0 Å². The van der Waals surface area contributed by atoms with E-state index >= 15 is 0 Å². The van der Waals surface area contributed by atoms with Crippen LogP contribution < -0.4 is 5.32 Å². The summed E-state index contributed by atoms with van der Waals surface area (Å²) in [6.45, 7) is 8.06.